The first kappa shape index (κ1) is 25.7. The molecule has 0 saturated heterocycles. The van der Waals surface area contributed by atoms with Gasteiger partial charge in [-0.2, -0.15) is 27.7 Å². The van der Waals surface area contributed by atoms with E-state index in [9.17, 15) is 4.79 Å². The Labute approximate surface area is 120 Å². The molecule has 0 aromatic heterocycles. The molecule has 4 N–H and O–H groups in total. The van der Waals surface area contributed by atoms with Gasteiger partial charge in [-0.1, -0.05) is 12.1 Å². The molecule has 0 spiro atoms. The fourth-order valence-corrected chi connectivity index (χ4v) is 0.654. The van der Waals surface area contributed by atoms with Gasteiger partial charge >= 0.3 is 23.0 Å². The Morgan fingerprint density at radius 3 is 1.61 bits per heavy atom. The van der Waals surface area contributed by atoms with Gasteiger partial charge in [0.2, 0.25) is 0 Å². The van der Waals surface area contributed by atoms with Crippen molar-refractivity contribution in [3.63, 3.8) is 0 Å². The van der Waals surface area contributed by atoms with Crippen molar-refractivity contribution in [2.24, 2.45) is 0 Å². The average molecular weight is 306 g/mol. The number of carboxylic acid groups (broad SMARTS) is 1. The largest absolute Gasteiger partial charge is 2.00 e. The van der Waals surface area contributed by atoms with Crippen molar-refractivity contribution in [1.29, 1.82) is 0 Å². The van der Waals surface area contributed by atoms with Crippen LogP contribution in [0.1, 0.15) is 38.1 Å². The average Bonchev–Trinajstić information content (AvgIpc) is 2.20. The minimum atomic E-state index is -1.11. The van der Waals surface area contributed by atoms with Crippen molar-refractivity contribution in [3.8, 4) is 5.75 Å². The van der Waals surface area contributed by atoms with E-state index in [-0.39, 0.29) is 33.9 Å². The van der Waals surface area contributed by atoms with Crippen molar-refractivity contribution < 1.29 is 37.6 Å². The molecule has 0 fully saturated rings. The molecule has 0 bridgehead atoms. The fraction of sp³-hybridized carbons (Fsp3) is 0.308. The number of phenols is 1. The number of aromatic hydroxyl groups is 1. The third kappa shape index (κ3) is 15.0. The number of carboxylic acids is 1. The summed E-state index contributed by atoms with van der Waals surface area (Å²) in [6.45, 7) is 8.00. The number of rotatable bonds is 1. The molecule has 1 aromatic rings. The number of para-hydroxylation sites is 1. The van der Waals surface area contributed by atoms with Crippen LogP contribution in [0.4, 0.5) is 0 Å². The molecule has 5 heteroatoms. The summed E-state index contributed by atoms with van der Waals surface area (Å²) < 4.78 is 0. The molecule has 109 valence electrons. The van der Waals surface area contributed by atoms with Gasteiger partial charge in [0, 0.05) is 0 Å². The predicted molar refractivity (Wildman–Crippen MR) is 70.0 cm³/mol. The first-order chi connectivity index (χ1) is 7.54. The third-order valence-electron chi connectivity index (χ3n) is 1.13. The van der Waals surface area contributed by atoms with Crippen LogP contribution in [-0.2, 0) is 17.1 Å². The quantitative estimate of drug-likeness (QED) is 0.617. The molecule has 0 aliphatic carbocycles. The molecule has 0 aliphatic heterocycles. The van der Waals surface area contributed by atoms with Crippen molar-refractivity contribution in [1.82, 2.24) is 0 Å². The summed E-state index contributed by atoms with van der Waals surface area (Å²) in [6, 6.07) is 5.81. The first-order valence-electron chi connectivity index (χ1n) is 5.04. The monoisotopic (exact) mass is 305 g/mol. The Morgan fingerprint density at radius 2 is 1.39 bits per heavy atom. The zero-order valence-electron chi connectivity index (χ0n) is 11.1. The summed E-state index contributed by atoms with van der Waals surface area (Å²) >= 11 is 0. The second kappa shape index (κ2) is 18.3. The number of hydrogen-bond donors (Lipinski definition) is 2. The van der Waals surface area contributed by atoms with E-state index in [1.807, 2.05) is 40.5 Å². The van der Waals surface area contributed by atoms with E-state index < -0.39 is 5.97 Å². The molecule has 1 rings (SSSR count). The number of aromatic carboxylic acids is 1. The molecule has 0 amide bonds. The summed E-state index contributed by atoms with van der Waals surface area (Å²) in [6.07, 6.45) is 4.00. The Morgan fingerprint density at radius 1 is 1.06 bits per heavy atom. The maximum absolute atomic E-state index is 10.3. The van der Waals surface area contributed by atoms with Crippen LogP contribution in [0, 0.1) is 12.8 Å². The molecular weight excluding hydrogens is 284 g/mol. The summed E-state index contributed by atoms with van der Waals surface area (Å²) in [5, 5.41) is 17.3. The molecule has 18 heavy (non-hydrogen) atoms. The summed E-state index contributed by atoms with van der Waals surface area (Å²) in [4.78, 5) is 10.3. The third-order valence-corrected chi connectivity index (χ3v) is 1.13. The van der Waals surface area contributed by atoms with Gasteiger partial charge in [0.05, 0.1) is 0 Å². The Balaban J connectivity index is -0.000000106. The minimum absolute atomic E-state index is 0. The van der Waals surface area contributed by atoms with Gasteiger partial charge in [-0.05, 0) is 12.1 Å². The number of hydrogen-bond acceptors (Lipinski definition) is 2. The zero-order valence-corrected chi connectivity index (χ0v) is 12.0. The Hall–Kier alpha value is -1.03. The minimum Gasteiger partial charge on any atom is -0.507 e. The fourth-order valence-electron chi connectivity index (χ4n) is 0.654. The van der Waals surface area contributed by atoms with Crippen molar-refractivity contribution >= 4 is 5.97 Å². The smallest absolute Gasteiger partial charge is 0.507 e. The Bertz CT molecular complexity index is 288. The summed E-state index contributed by atoms with van der Waals surface area (Å²) in [7, 11) is 0. The summed E-state index contributed by atoms with van der Waals surface area (Å²) in [5.41, 5.74) is -0.0671. The molecule has 0 saturated carbocycles. The van der Waals surface area contributed by atoms with Crippen molar-refractivity contribution in [2.45, 2.75) is 27.7 Å². The van der Waals surface area contributed by atoms with Gasteiger partial charge in [-0.25, -0.2) is 4.79 Å². The van der Waals surface area contributed by atoms with E-state index in [4.69, 9.17) is 10.2 Å². The van der Waals surface area contributed by atoms with Crippen LogP contribution in [0.5, 0.6) is 5.75 Å². The van der Waals surface area contributed by atoms with Crippen LogP contribution in [0.3, 0.4) is 0 Å². The van der Waals surface area contributed by atoms with Gasteiger partial charge < -0.3 is 28.5 Å². The zero-order chi connectivity index (χ0) is 13.0. The van der Waals surface area contributed by atoms with Crippen LogP contribution < -0.4 is 0 Å². The summed E-state index contributed by atoms with van der Waals surface area (Å²) in [5.74, 6) is -1.31. The molecule has 4 nitrogen and oxygen atoms in total. The second-order valence-corrected chi connectivity index (χ2v) is 2.98. The molecule has 1 radical (unpaired) electrons. The maximum Gasteiger partial charge on any atom is 2.00 e. The number of carbonyl (C=O) groups is 1. The van der Waals surface area contributed by atoms with E-state index >= 15 is 0 Å². The van der Waals surface area contributed by atoms with E-state index in [2.05, 4.69) is 0 Å². The molecule has 1 aromatic carbocycles. The van der Waals surface area contributed by atoms with E-state index in [1.54, 1.807) is 12.1 Å². The van der Waals surface area contributed by atoms with Crippen LogP contribution in [0.25, 0.3) is 0 Å². The van der Waals surface area contributed by atoms with E-state index in [1.165, 1.54) is 12.1 Å². The van der Waals surface area contributed by atoms with Gasteiger partial charge in [-0.3, -0.25) is 0 Å². The van der Waals surface area contributed by atoms with Crippen LogP contribution in [-0.4, -0.2) is 21.7 Å². The maximum atomic E-state index is 10.3. The van der Waals surface area contributed by atoms with Crippen LogP contribution >= 0.6 is 0 Å². The molecular formula is C13H22CuO4. The number of benzene rings is 1. The molecule has 0 heterocycles. The van der Waals surface area contributed by atoms with Crippen molar-refractivity contribution in [3.05, 3.63) is 42.7 Å². The van der Waals surface area contributed by atoms with E-state index in [0.717, 1.165) is 0 Å². The predicted octanol–water partition coefficient (Wildman–Crippen LogP) is 2.72. The van der Waals surface area contributed by atoms with Crippen LogP contribution in [0.2, 0.25) is 0 Å². The molecule has 0 atom stereocenters. The Kier molecular flexibility index (Phi) is 26.2. The molecule has 0 unspecified atom stereocenters. The second-order valence-electron chi connectivity index (χ2n) is 2.98. The van der Waals surface area contributed by atoms with Crippen molar-refractivity contribution in [2.75, 3.05) is 0 Å². The topological polar surface area (TPSA) is 89.0 Å². The van der Waals surface area contributed by atoms with E-state index in [0.29, 0.717) is 0 Å². The van der Waals surface area contributed by atoms with Crippen LogP contribution in [0.15, 0.2) is 24.3 Å². The molecule has 0 aliphatic rings. The SMILES string of the molecule is C[CH-]C.C[CH-]C.O.O=C(O)c1ccccc1O.[Cu+2]. The van der Waals surface area contributed by atoms with Gasteiger partial charge in [0.25, 0.3) is 0 Å². The normalized spacial score (nSPS) is 7.11. The van der Waals surface area contributed by atoms with Gasteiger partial charge in [0.15, 0.2) is 0 Å². The van der Waals surface area contributed by atoms with Gasteiger partial charge in [-0.15, -0.1) is 0 Å². The first-order valence-corrected chi connectivity index (χ1v) is 5.04. The standard InChI is InChI=1S/C7H6O3.2C3H7.Cu.H2O/c8-6-4-2-1-3-5(6)7(9)10;2*1-3-2;;/h1-4,8H,(H,9,10);2*3H,1-2H3;;1H2/q;2*-1;+2;. The van der Waals surface area contributed by atoms with Gasteiger partial charge in [0.1, 0.15) is 11.3 Å².